The Hall–Kier alpha value is -1.98. The van der Waals surface area contributed by atoms with E-state index in [9.17, 15) is 0 Å². The summed E-state index contributed by atoms with van der Waals surface area (Å²) < 4.78 is 5.21. The lowest BCUT2D eigenvalue weighted by Crippen LogP contribution is -2.45. The molecule has 0 unspecified atom stereocenters. The minimum Gasteiger partial charge on any atom is -0.467 e. The average molecular weight is 235 g/mol. The van der Waals surface area contributed by atoms with Crippen LogP contribution in [0.15, 0.2) is 27.8 Å². The first-order valence-electron chi connectivity index (χ1n) is 5.68. The van der Waals surface area contributed by atoms with Crippen molar-refractivity contribution < 1.29 is 4.42 Å². The molecule has 2 rings (SSSR count). The Morgan fingerprint density at radius 2 is 2.29 bits per heavy atom. The molecule has 0 atom stereocenters. The van der Waals surface area contributed by atoms with Crippen molar-refractivity contribution >= 4 is 11.9 Å². The van der Waals surface area contributed by atoms with Gasteiger partial charge < -0.3 is 15.1 Å². The van der Waals surface area contributed by atoms with Gasteiger partial charge in [0, 0.05) is 13.1 Å². The normalized spacial score (nSPS) is 16.2. The van der Waals surface area contributed by atoms with Gasteiger partial charge in [-0.05, 0) is 25.0 Å². The Morgan fingerprint density at radius 3 is 2.88 bits per heavy atom. The molecule has 1 saturated heterocycles. The lowest BCUT2D eigenvalue weighted by atomic mass is 10.4. The van der Waals surface area contributed by atoms with Gasteiger partial charge in [-0.25, -0.2) is 4.99 Å². The molecule has 1 aromatic rings. The molecule has 0 saturated carbocycles. The number of likely N-dealkylation sites (tertiary alicyclic amines) is 1. The second-order valence-electron chi connectivity index (χ2n) is 3.95. The fraction of sp³-hybridized carbons (Fsp3) is 0.455. The first-order chi connectivity index (χ1) is 8.25. The molecule has 17 heavy (non-hydrogen) atoms. The lowest BCUT2D eigenvalue weighted by Gasteiger charge is -2.20. The second kappa shape index (κ2) is 5.38. The van der Waals surface area contributed by atoms with E-state index in [-0.39, 0.29) is 5.96 Å². The number of nitrogens with one attached hydrogen (secondary N) is 2. The summed E-state index contributed by atoms with van der Waals surface area (Å²) in [6.45, 7) is 2.37. The van der Waals surface area contributed by atoms with Gasteiger partial charge >= 0.3 is 0 Å². The zero-order valence-electron chi connectivity index (χ0n) is 9.65. The first kappa shape index (κ1) is 11.5. The average Bonchev–Trinajstić information content (AvgIpc) is 2.96. The molecular weight excluding hydrogens is 218 g/mol. The van der Waals surface area contributed by atoms with Crippen molar-refractivity contribution in [2.75, 3.05) is 13.1 Å². The highest BCUT2D eigenvalue weighted by atomic mass is 16.3. The van der Waals surface area contributed by atoms with Gasteiger partial charge in [0.2, 0.25) is 5.96 Å². The standard InChI is InChI=1S/C11H17N5O/c12-10(13)15-11(16-5-1-2-6-16)14-8-9-4-3-7-17-9/h3-4,7H,1-2,5-6,8H2,(H4,12,13,14,15). The van der Waals surface area contributed by atoms with Crippen molar-refractivity contribution in [3.8, 4) is 0 Å². The lowest BCUT2D eigenvalue weighted by molar-refractivity contribution is 0.490. The molecule has 6 nitrogen and oxygen atoms in total. The summed E-state index contributed by atoms with van der Waals surface area (Å²) in [7, 11) is 0. The van der Waals surface area contributed by atoms with E-state index in [2.05, 4.69) is 15.2 Å². The van der Waals surface area contributed by atoms with Gasteiger partial charge in [-0.15, -0.1) is 0 Å². The zero-order chi connectivity index (χ0) is 12.1. The molecule has 1 aromatic heterocycles. The van der Waals surface area contributed by atoms with Crippen LogP contribution in [0.5, 0.6) is 0 Å². The van der Waals surface area contributed by atoms with Crippen molar-refractivity contribution in [2.45, 2.75) is 19.4 Å². The Kier molecular flexibility index (Phi) is 3.64. The van der Waals surface area contributed by atoms with Gasteiger partial charge in [0.1, 0.15) is 12.3 Å². The van der Waals surface area contributed by atoms with E-state index in [4.69, 9.17) is 15.6 Å². The van der Waals surface area contributed by atoms with Crippen LogP contribution < -0.4 is 11.1 Å². The summed E-state index contributed by atoms with van der Waals surface area (Å²) >= 11 is 0. The van der Waals surface area contributed by atoms with Crippen molar-refractivity contribution in [1.82, 2.24) is 10.2 Å². The second-order valence-corrected chi connectivity index (χ2v) is 3.95. The van der Waals surface area contributed by atoms with Gasteiger partial charge in [0.15, 0.2) is 5.96 Å². The smallest absolute Gasteiger partial charge is 0.201 e. The Labute approximate surface area is 100 Å². The molecule has 0 radical (unpaired) electrons. The number of furan rings is 1. The minimum absolute atomic E-state index is 0.0879. The van der Waals surface area contributed by atoms with Crippen LogP contribution in [0.4, 0.5) is 0 Å². The Morgan fingerprint density at radius 1 is 1.53 bits per heavy atom. The predicted octanol–water partition coefficient (Wildman–Crippen LogP) is 0.714. The van der Waals surface area contributed by atoms with Gasteiger partial charge in [-0.3, -0.25) is 10.7 Å². The van der Waals surface area contributed by atoms with Crippen LogP contribution in [0.25, 0.3) is 0 Å². The third kappa shape index (κ3) is 3.24. The molecule has 92 valence electrons. The number of nitrogens with two attached hydrogens (primary N) is 1. The highest BCUT2D eigenvalue weighted by Crippen LogP contribution is 2.08. The maximum absolute atomic E-state index is 7.28. The maximum atomic E-state index is 7.28. The van der Waals surface area contributed by atoms with Gasteiger partial charge in [0.05, 0.1) is 6.26 Å². The van der Waals surface area contributed by atoms with E-state index in [0.717, 1.165) is 31.7 Å². The molecule has 0 spiro atoms. The van der Waals surface area contributed by atoms with E-state index in [1.165, 1.54) is 0 Å². The largest absolute Gasteiger partial charge is 0.467 e. The number of guanidine groups is 2. The molecule has 6 heteroatoms. The molecule has 1 aliphatic heterocycles. The van der Waals surface area contributed by atoms with Crippen molar-refractivity contribution in [3.05, 3.63) is 24.2 Å². The molecule has 0 amide bonds. The molecule has 2 heterocycles. The molecule has 1 aliphatic rings. The monoisotopic (exact) mass is 235 g/mol. The third-order valence-electron chi connectivity index (χ3n) is 2.62. The maximum Gasteiger partial charge on any atom is 0.201 e. The van der Waals surface area contributed by atoms with Crippen LogP contribution in [0, 0.1) is 5.41 Å². The molecule has 0 aromatic carbocycles. The summed E-state index contributed by atoms with van der Waals surface area (Å²) in [6.07, 6.45) is 3.93. The van der Waals surface area contributed by atoms with Crippen LogP contribution in [0.2, 0.25) is 0 Å². The Bertz CT molecular complexity index is 392. The van der Waals surface area contributed by atoms with Crippen LogP contribution in [0.3, 0.4) is 0 Å². The van der Waals surface area contributed by atoms with E-state index in [1.807, 2.05) is 12.1 Å². The van der Waals surface area contributed by atoms with Crippen LogP contribution in [-0.2, 0) is 6.54 Å². The topological polar surface area (TPSA) is 90.6 Å². The SMILES string of the molecule is N=C(N)N/C(=N/Cc1ccco1)N1CCCC1. The number of aliphatic imine (C=N–C) groups is 1. The quantitative estimate of drug-likeness (QED) is 0.520. The predicted molar refractivity (Wildman–Crippen MR) is 65.7 cm³/mol. The van der Waals surface area contributed by atoms with Crippen molar-refractivity contribution in [3.63, 3.8) is 0 Å². The molecule has 0 bridgehead atoms. The summed E-state index contributed by atoms with van der Waals surface area (Å²) in [5.74, 6) is 1.37. The van der Waals surface area contributed by atoms with Crippen molar-refractivity contribution in [1.29, 1.82) is 5.41 Å². The summed E-state index contributed by atoms with van der Waals surface area (Å²) in [6, 6.07) is 3.71. The third-order valence-corrected chi connectivity index (χ3v) is 2.62. The highest BCUT2D eigenvalue weighted by Gasteiger charge is 2.16. The molecular formula is C11H17N5O. The van der Waals surface area contributed by atoms with Crippen LogP contribution >= 0.6 is 0 Å². The number of hydrogen-bond donors (Lipinski definition) is 3. The minimum atomic E-state index is -0.0879. The van der Waals surface area contributed by atoms with Crippen LogP contribution in [0.1, 0.15) is 18.6 Å². The van der Waals surface area contributed by atoms with E-state index >= 15 is 0 Å². The van der Waals surface area contributed by atoms with Crippen molar-refractivity contribution in [2.24, 2.45) is 10.7 Å². The number of rotatable bonds is 2. The van der Waals surface area contributed by atoms with Gasteiger partial charge in [-0.2, -0.15) is 0 Å². The summed E-state index contributed by atoms with van der Waals surface area (Å²) in [4.78, 5) is 6.51. The molecule has 4 N–H and O–H groups in total. The summed E-state index contributed by atoms with van der Waals surface area (Å²) in [5.41, 5.74) is 5.35. The number of hydrogen-bond acceptors (Lipinski definition) is 3. The number of nitrogens with zero attached hydrogens (tertiary/aromatic N) is 2. The molecule has 0 aliphatic carbocycles. The Balaban J connectivity index is 2.03. The van der Waals surface area contributed by atoms with Gasteiger partial charge in [-0.1, -0.05) is 0 Å². The summed E-state index contributed by atoms with van der Waals surface area (Å²) in [5, 5.41) is 10.1. The van der Waals surface area contributed by atoms with E-state index in [0.29, 0.717) is 12.5 Å². The van der Waals surface area contributed by atoms with Gasteiger partial charge in [0.25, 0.3) is 0 Å². The highest BCUT2D eigenvalue weighted by molar-refractivity contribution is 5.96. The fourth-order valence-corrected chi connectivity index (χ4v) is 1.82. The van der Waals surface area contributed by atoms with Crippen LogP contribution in [-0.4, -0.2) is 29.9 Å². The van der Waals surface area contributed by atoms with E-state index in [1.54, 1.807) is 6.26 Å². The fourth-order valence-electron chi connectivity index (χ4n) is 1.82. The van der Waals surface area contributed by atoms with E-state index < -0.39 is 0 Å². The molecule has 1 fully saturated rings. The zero-order valence-corrected chi connectivity index (χ0v) is 9.65. The first-order valence-corrected chi connectivity index (χ1v) is 5.68.